The monoisotopic (exact) mass is 539 g/mol. The van der Waals surface area contributed by atoms with E-state index in [-0.39, 0.29) is 35.8 Å². The van der Waals surface area contributed by atoms with Gasteiger partial charge in [0, 0.05) is 31.0 Å². The molecule has 5 nitrogen and oxygen atoms in total. The smallest absolute Gasteiger partial charge is 0.214 e. The van der Waals surface area contributed by atoms with Gasteiger partial charge in [-0.25, -0.2) is 26.2 Å². The average Bonchev–Trinajstić information content (AvgIpc) is 3.51. The lowest BCUT2D eigenvalue weighted by molar-refractivity contribution is 0.358. The third-order valence-corrected chi connectivity index (χ3v) is 10.0. The maximum Gasteiger partial charge on any atom is 0.214 e. The van der Waals surface area contributed by atoms with Gasteiger partial charge in [0.25, 0.3) is 0 Å². The number of nitrogens with zero attached hydrogens (tertiary/aromatic N) is 3. The van der Waals surface area contributed by atoms with Crippen LogP contribution in [0.5, 0.6) is 0 Å². The first-order valence-corrected chi connectivity index (χ1v) is 15.1. The number of sulfonamides is 1. The highest BCUT2D eigenvalue weighted by Gasteiger charge is 2.38. The van der Waals surface area contributed by atoms with Crippen molar-refractivity contribution in [2.45, 2.75) is 58.3 Å². The first-order valence-electron chi connectivity index (χ1n) is 13.5. The summed E-state index contributed by atoms with van der Waals surface area (Å²) in [5.74, 6) is -0.207. The van der Waals surface area contributed by atoms with Gasteiger partial charge in [-0.05, 0) is 67.5 Å². The van der Waals surface area contributed by atoms with Crippen LogP contribution in [0.15, 0.2) is 65.9 Å². The van der Waals surface area contributed by atoms with Crippen molar-refractivity contribution >= 4 is 10.0 Å². The largest absolute Gasteiger partial charge is 0.237 e. The van der Waals surface area contributed by atoms with Gasteiger partial charge in [0.1, 0.15) is 11.6 Å². The molecule has 0 spiro atoms. The van der Waals surface area contributed by atoms with Crippen molar-refractivity contribution in [2.75, 3.05) is 18.8 Å². The summed E-state index contributed by atoms with van der Waals surface area (Å²) in [6.07, 6.45) is 6.26. The van der Waals surface area contributed by atoms with Crippen molar-refractivity contribution in [3.8, 4) is 5.69 Å². The summed E-state index contributed by atoms with van der Waals surface area (Å²) in [5.41, 5.74) is 6.33. The molecule has 0 radical (unpaired) electrons. The van der Waals surface area contributed by atoms with Gasteiger partial charge in [0.15, 0.2) is 0 Å². The summed E-state index contributed by atoms with van der Waals surface area (Å²) < 4.78 is 58.1. The lowest BCUT2D eigenvalue weighted by atomic mass is 9.80. The molecule has 0 N–H and O–H groups in total. The number of allylic oxidation sites excluding steroid dienone is 1. The highest BCUT2D eigenvalue weighted by Crippen LogP contribution is 2.47. The molecule has 1 heterocycles. The SMILES string of the molecule is CCCCS(=O)(=O)N(CCc1ccccc1F)C[C@H]1CCC2=C1[C@@H](C)c1cnn(-c3ccc(F)cc3)c1C2. The van der Waals surface area contributed by atoms with E-state index in [4.69, 9.17) is 0 Å². The second-order valence-electron chi connectivity index (χ2n) is 10.5. The van der Waals surface area contributed by atoms with Gasteiger partial charge in [0.05, 0.1) is 23.3 Å². The predicted octanol–water partition coefficient (Wildman–Crippen LogP) is 6.19. The first kappa shape index (κ1) is 26.8. The number of hydrogen-bond acceptors (Lipinski definition) is 3. The zero-order chi connectivity index (χ0) is 26.9. The number of fused-ring (bicyclic) bond motifs is 1. The second kappa shape index (κ2) is 11.1. The molecule has 202 valence electrons. The Balaban J connectivity index is 1.38. The fourth-order valence-corrected chi connectivity index (χ4v) is 7.76. The normalized spacial score (nSPS) is 19.2. The van der Waals surface area contributed by atoms with Crippen LogP contribution in [0.3, 0.4) is 0 Å². The number of aromatic nitrogens is 2. The first-order chi connectivity index (χ1) is 18.3. The number of hydrogen-bond donors (Lipinski definition) is 0. The predicted molar refractivity (Wildman–Crippen MR) is 146 cm³/mol. The van der Waals surface area contributed by atoms with Gasteiger partial charge in [-0.3, -0.25) is 0 Å². The van der Waals surface area contributed by atoms with E-state index in [2.05, 4.69) is 12.0 Å². The molecule has 2 atom stereocenters. The third kappa shape index (κ3) is 5.34. The summed E-state index contributed by atoms with van der Waals surface area (Å²) in [7, 11) is -3.47. The highest BCUT2D eigenvalue weighted by molar-refractivity contribution is 7.89. The molecule has 2 aliphatic rings. The Kier molecular flexibility index (Phi) is 7.82. The molecule has 8 heteroatoms. The molecular formula is C30H35F2N3O2S. The standard InChI is InChI=1S/C30H35F2N3O2S/c1-3-4-17-38(36,37)34(16-15-22-7-5-6-8-28(22)32)20-24-10-9-23-18-29-27(21(2)30(23)24)19-33-35(29)26-13-11-25(31)12-14-26/h5-8,11-14,19,21,24H,3-4,9-10,15-18,20H2,1-2H3/t21-,24+/m0/s1. The maximum absolute atomic E-state index is 14.3. The molecule has 1 aromatic heterocycles. The van der Waals surface area contributed by atoms with Crippen LogP contribution in [0.1, 0.15) is 62.3 Å². The van der Waals surface area contributed by atoms with Crippen LogP contribution in [0, 0.1) is 17.6 Å². The van der Waals surface area contributed by atoms with Crippen LogP contribution in [0.2, 0.25) is 0 Å². The molecule has 5 rings (SSSR count). The molecule has 2 aromatic carbocycles. The van der Waals surface area contributed by atoms with E-state index >= 15 is 0 Å². The van der Waals surface area contributed by atoms with Crippen molar-refractivity contribution in [1.82, 2.24) is 14.1 Å². The Bertz CT molecular complexity index is 1430. The molecular weight excluding hydrogens is 504 g/mol. The molecule has 0 bridgehead atoms. The third-order valence-electron chi connectivity index (χ3n) is 8.09. The Hall–Kier alpha value is -2.84. The molecule has 0 fully saturated rings. The van der Waals surface area contributed by atoms with Crippen molar-refractivity contribution in [3.63, 3.8) is 0 Å². The van der Waals surface area contributed by atoms with E-state index in [9.17, 15) is 17.2 Å². The van der Waals surface area contributed by atoms with Gasteiger partial charge in [-0.1, -0.05) is 49.6 Å². The molecule has 0 saturated carbocycles. The van der Waals surface area contributed by atoms with E-state index in [1.54, 1.807) is 34.6 Å². The van der Waals surface area contributed by atoms with Crippen LogP contribution in [-0.2, 0) is 22.9 Å². The van der Waals surface area contributed by atoms with Gasteiger partial charge in [0.2, 0.25) is 10.0 Å². The maximum atomic E-state index is 14.3. The molecule has 3 aromatic rings. The Labute approximate surface area is 224 Å². The fraction of sp³-hybridized carbons (Fsp3) is 0.433. The van der Waals surface area contributed by atoms with E-state index < -0.39 is 10.0 Å². The number of unbranched alkanes of at least 4 members (excludes halogenated alkanes) is 1. The number of benzene rings is 2. The van der Waals surface area contributed by atoms with E-state index in [0.29, 0.717) is 24.9 Å². The van der Waals surface area contributed by atoms with Crippen molar-refractivity contribution in [2.24, 2.45) is 5.92 Å². The van der Waals surface area contributed by atoms with Crippen LogP contribution in [0.4, 0.5) is 8.78 Å². The fourth-order valence-electron chi connectivity index (χ4n) is 6.07. The van der Waals surface area contributed by atoms with Crippen LogP contribution in [-0.4, -0.2) is 41.3 Å². The van der Waals surface area contributed by atoms with Gasteiger partial charge >= 0.3 is 0 Å². The summed E-state index contributed by atoms with van der Waals surface area (Å²) >= 11 is 0. The quantitative estimate of drug-likeness (QED) is 0.289. The van der Waals surface area contributed by atoms with Crippen LogP contribution >= 0.6 is 0 Å². The van der Waals surface area contributed by atoms with Crippen molar-refractivity contribution in [3.05, 3.63) is 94.3 Å². The molecule has 38 heavy (non-hydrogen) atoms. The van der Waals surface area contributed by atoms with Crippen LogP contribution in [0.25, 0.3) is 5.69 Å². The summed E-state index contributed by atoms with van der Waals surface area (Å²) in [4.78, 5) is 0. The summed E-state index contributed by atoms with van der Waals surface area (Å²) in [5, 5.41) is 4.63. The van der Waals surface area contributed by atoms with Gasteiger partial charge < -0.3 is 0 Å². The summed E-state index contributed by atoms with van der Waals surface area (Å²) in [6, 6.07) is 13.0. The van der Waals surface area contributed by atoms with Gasteiger partial charge in [-0.2, -0.15) is 5.10 Å². The molecule has 0 amide bonds. The Morgan fingerprint density at radius 3 is 2.61 bits per heavy atom. The second-order valence-corrected chi connectivity index (χ2v) is 12.6. The number of rotatable bonds is 10. The van der Waals surface area contributed by atoms with E-state index in [1.165, 1.54) is 29.3 Å². The Morgan fingerprint density at radius 1 is 1.11 bits per heavy atom. The molecule has 0 aliphatic heterocycles. The minimum Gasteiger partial charge on any atom is -0.237 e. The average molecular weight is 540 g/mol. The van der Waals surface area contributed by atoms with Crippen LogP contribution < -0.4 is 0 Å². The van der Waals surface area contributed by atoms with Crippen molar-refractivity contribution in [1.29, 1.82) is 0 Å². The minimum absolute atomic E-state index is 0.115. The molecule has 2 aliphatic carbocycles. The Morgan fingerprint density at radius 2 is 1.87 bits per heavy atom. The van der Waals surface area contributed by atoms with Crippen molar-refractivity contribution < 1.29 is 17.2 Å². The molecule has 0 unspecified atom stereocenters. The lowest BCUT2D eigenvalue weighted by Gasteiger charge is -2.31. The zero-order valence-electron chi connectivity index (χ0n) is 22.0. The topological polar surface area (TPSA) is 55.2 Å². The zero-order valence-corrected chi connectivity index (χ0v) is 22.9. The lowest BCUT2D eigenvalue weighted by Crippen LogP contribution is -2.39. The van der Waals surface area contributed by atoms with Gasteiger partial charge in [-0.15, -0.1) is 0 Å². The minimum atomic E-state index is -3.47. The highest BCUT2D eigenvalue weighted by atomic mass is 32.2. The van der Waals surface area contributed by atoms with E-state index in [0.717, 1.165) is 42.6 Å². The molecule has 0 saturated heterocycles. The van der Waals surface area contributed by atoms with E-state index in [1.807, 2.05) is 17.8 Å². The number of halogens is 2. The summed E-state index contributed by atoms with van der Waals surface area (Å²) in [6.45, 7) is 4.86.